The number of nitrogens with two attached hydrogens (primary N) is 2. The fourth-order valence-electron chi connectivity index (χ4n) is 2.81. The molecule has 7 nitrogen and oxygen atoms in total. The van der Waals surface area contributed by atoms with Crippen LogP contribution in [0.15, 0.2) is 12.3 Å². The molecule has 1 aliphatic carbocycles. The van der Waals surface area contributed by atoms with Gasteiger partial charge in [0.15, 0.2) is 0 Å². The van der Waals surface area contributed by atoms with Crippen LogP contribution in [0.3, 0.4) is 0 Å². The number of nitrogens with zero attached hydrogens (tertiary/aromatic N) is 3. The molecular weight excluding hydrogens is 270 g/mol. The van der Waals surface area contributed by atoms with Crippen LogP contribution >= 0.6 is 0 Å². The SMILES string of the molecule is NC(=O)Cn1ccc2nc(N)nc(OC3CCCCC3)c21. The van der Waals surface area contributed by atoms with Gasteiger partial charge in [0.25, 0.3) is 0 Å². The topological polar surface area (TPSA) is 109 Å². The number of anilines is 1. The van der Waals surface area contributed by atoms with Crippen molar-refractivity contribution in [2.45, 2.75) is 44.8 Å². The van der Waals surface area contributed by atoms with Crippen molar-refractivity contribution in [3.05, 3.63) is 12.3 Å². The number of carbonyl (C=O) groups excluding carboxylic acids is 1. The Morgan fingerprint density at radius 3 is 2.81 bits per heavy atom. The lowest BCUT2D eigenvalue weighted by atomic mass is 9.98. The molecule has 2 aromatic rings. The molecule has 1 fully saturated rings. The third-order valence-electron chi connectivity index (χ3n) is 3.75. The second-order valence-corrected chi connectivity index (χ2v) is 5.41. The zero-order valence-corrected chi connectivity index (χ0v) is 11.8. The van der Waals surface area contributed by atoms with Crippen LogP contribution in [0.1, 0.15) is 32.1 Å². The van der Waals surface area contributed by atoms with Gasteiger partial charge in [0, 0.05) is 6.20 Å². The summed E-state index contributed by atoms with van der Waals surface area (Å²) in [7, 11) is 0. The summed E-state index contributed by atoms with van der Waals surface area (Å²) in [6, 6.07) is 1.78. The Kier molecular flexibility index (Phi) is 3.64. The fraction of sp³-hybridized carbons (Fsp3) is 0.500. The molecular formula is C14H19N5O2. The Balaban J connectivity index is 1.97. The van der Waals surface area contributed by atoms with E-state index in [0.29, 0.717) is 16.9 Å². The summed E-state index contributed by atoms with van der Waals surface area (Å²) in [6.45, 7) is 0.0673. The van der Waals surface area contributed by atoms with Crippen LogP contribution < -0.4 is 16.2 Å². The maximum Gasteiger partial charge on any atom is 0.243 e. The van der Waals surface area contributed by atoms with Crippen LogP contribution in [-0.2, 0) is 11.3 Å². The Morgan fingerprint density at radius 1 is 1.33 bits per heavy atom. The van der Waals surface area contributed by atoms with Crippen molar-refractivity contribution < 1.29 is 9.53 Å². The van der Waals surface area contributed by atoms with Gasteiger partial charge in [-0.05, 0) is 31.7 Å². The first-order valence-corrected chi connectivity index (χ1v) is 7.21. The third-order valence-corrected chi connectivity index (χ3v) is 3.75. The number of amides is 1. The minimum Gasteiger partial charge on any atom is -0.473 e. The quantitative estimate of drug-likeness (QED) is 0.879. The number of fused-ring (bicyclic) bond motifs is 1. The molecule has 112 valence electrons. The molecule has 1 amide bonds. The van der Waals surface area contributed by atoms with E-state index in [1.54, 1.807) is 16.8 Å². The van der Waals surface area contributed by atoms with Crippen LogP contribution in [0, 0.1) is 0 Å². The standard InChI is InChI=1S/C14H19N5O2/c15-11(20)8-19-7-6-10-12(19)13(18-14(16)17-10)21-9-4-2-1-3-5-9/h6-7,9H,1-5,8H2,(H2,15,20)(H2,16,17,18). The minimum atomic E-state index is -0.423. The van der Waals surface area contributed by atoms with E-state index >= 15 is 0 Å². The maximum atomic E-state index is 11.2. The van der Waals surface area contributed by atoms with E-state index in [2.05, 4.69) is 9.97 Å². The van der Waals surface area contributed by atoms with Gasteiger partial charge in [-0.3, -0.25) is 4.79 Å². The van der Waals surface area contributed by atoms with E-state index in [1.165, 1.54) is 6.42 Å². The van der Waals surface area contributed by atoms with Gasteiger partial charge in [-0.25, -0.2) is 4.98 Å². The molecule has 7 heteroatoms. The van der Waals surface area contributed by atoms with E-state index in [-0.39, 0.29) is 18.6 Å². The summed E-state index contributed by atoms with van der Waals surface area (Å²) < 4.78 is 7.73. The molecule has 3 rings (SSSR count). The highest BCUT2D eigenvalue weighted by Gasteiger charge is 2.20. The van der Waals surface area contributed by atoms with Gasteiger partial charge in [0.05, 0.1) is 5.52 Å². The maximum absolute atomic E-state index is 11.2. The van der Waals surface area contributed by atoms with Crippen molar-refractivity contribution in [2.24, 2.45) is 5.73 Å². The molecule has 2 heterocycles. The highest BCUT2D eigenvalue weighted by molar-refractivity contribution is 5.84. The second kappa shape index (κ2) is 5.59. The van der Waals surface area contributed by atoms with Crippen molar-refractivity contribution in [1.82, 2.24) is 14.5 Å². The van der Waals surface area contributed by atoms with Gasteiger partial charge in [0.1, 0.15) is 18.2 Å². The lowest BCUT2D eigenvalue weighted by Gasteiger charge is -2.23. The van der Waals surface area contributed by atoms with Crippen LogP contribution in [-0.4, -0.2) is 26.5 Å². The van der Waals surface area contributed by atoms with Crippen molar-refractivity contribution in [3.8, 4) is 5.88 Å². The average molecular weight is 289 g/mol. The number of rotatable bonds is 4. The minimum absolute atomic E-state index is 0.0673. The van der Waals surface area contributed by atoms with Crippen LogP contribution in [0.5, 0.6) is 5.88 Å². The Hall–Kier alpha value is -2.31. The van der Waals surface area contributed by atoms with E-state index in [1.807, 2.05) is 0 Å². The fourth-order valence-corrected chi connectivity index (χ4v) is 2.81. The molecule has 0 radical (unpaired) electrons. The first-order valence-electron chi connectivity index (χ1n) is 7.21. The summed E-state index contributed by atoms with van der Waals surface area (Å²) >= 11 is 0. The molecule has 21 heavy (non-hydrogen) atoms. The normalized spacial score (nSPS) is 16.2. The van der Waals surface area contributed by atoms with Gasteiger partial charge < -0.3 is 20.8 Å². The summed E-state index contributed by atoms with van der Waals surface area (Å²) in [5.41, 5.74) is 12.3. The molecule has 0 aliphatic heterocycles. The summed E-state index contributed by atoms with van der Waals surface area (Å²) in [6.07, 6.45) is 7.50. The summed E-state index contributed by atoms with van der Waals surface area (Å²) in [5, 5.41) is 0. The molecule has 0 spiro atoms. The molecule has 0 atom stereocenters. The average Bonchev–Trinajstić information content (AvgIpc) is 2.82. The predicted octanol–water partition coefficient (Wildman–Crippen LogP) is 1.21. The highest BCUT2D eigenvalue weighted by Crippen LogP contribution is 2.28. The number of aromatic nitrogens is 3. The Labute approximate surface area is 122 Å². The Morgan fingerprint density at radius 2 is 2.10 bits per heavy atom. The van der Waals surface area contributed by atoms with Gasteiger partial charge in [-0.15, -0.1) is 0 Å². The lowest BCUT2D eigenvalue weighted by Crippen LogP contribution is -2.22. The van der Waals surface area contributed by atoms with Crippen molar-refractivity contribution in [3.63, 3.8) is 0 Å². The lowest BCUT2D eigenvalue weighted by molar-refractivity contribution is -0.118. The van der Waals surface area contributed by atoms with E-state index in [9.17, 15) is 4.79 Å². The van der Waals surface area contributed by atoms with Crippen LogP contribution in [0.25, 0.3) is 11.0 Å². The zero-order chi connectivity index (χ0) is 14.8. The second-order valence-electron chi connectivity index (χ2n) is 5.41. The first kappa shape index (κ1) is 13.7. The van der Waals surface area contributed by atoms with E-state index in [4.69, 9.17) is 16.2 Å². The molecule has 1 saturated carbocycles. The van der Waals surface area contributed by atoms with Crippen molar-refractivity contribution in [2.75, 3.05) is 5.73 Å². The van der Waals surface area contributed by atoms with Crippen LogP contribution in [0.4, 0.5) is 5.95 Å². The van der Waals surface area contributed by atoms with E-state index in [0.717, 1.165) is 25.7 Å². The highest BCUT2D eigenvalue weighted by atomic mass is 16.5. The zero-order valence-electron chi connectivity index (χ0n) is 11.8. The van der Waals surface area contributed by atoms with Crippen molar-refractivity contribution >= 4 is 22.9 Å². The Bertz CT molecular complexity index is 661. The van der Waals surface area contributed by atoms with Gasteiger partial charge in [-0.1, -0.05) is 6.42 Å². The number of ether oxygens (including phenoxy) is 1. The smallest absolute Gasteiger partial charge is 0.243 e. The monoisotopic (exact) mass is 289 g/mol. The number of hydrogen-bond acceptors (Lipinski definition) is 5. The largest absolute Gasteiger partial charge is 0.473 e. The van der Waals surface area contributed by atoms with Gasteiger partial charge in [0.2, 0.25) is 17.7 Å². The number of carbonyl (C=O) groups is 1. The first-order chi connectivity index (χ1) is 10.1. The number of hydrogen-bond donors (Lipinski definition) is 2. The number of primary amides is 1. The molecule has 2 aromatic heterocycles. The molecule has 0 bridgehead atoms. The van der Waals surface area contributed by atoms with Gasteiger partial charge in [-0.2, -0.15) is 4.98 Å². The molecule has 0 saturated heterocycles. The summed E-state index contributed by atoms with van der Waals surface area (Å²) in [4.78, 5) is 19.6. The molecule has 4 N–H and O–H groups in total. The van der Waals surface area contributed by atoms with Gasteiger partial charge >= 0.3 is 0 Å². The summed E-state index contributed by atoms with van der Waals surface area (Å²) in [5.74, 6) is 0.189. The molecule has 0 aromatic carbocycles. The van der Waals surface area contributed by atoms with E-state index < -0.39 is 5.91 Å². The number of nitrogen functional groups attached to an aromatic ring is 1. The molecule has 0 unspecified atom stereocenters. The predicted molar refractivity (Wildman–Crippen MR) is 78.6 cm³/mol. The molecule has 1 aliphatic rings. The third kappa shape index (κ3) is 2.91. The van der Waals surface area contributed by atoms with Crippen molar-refractivity contribution in [1.29, 1.82) is 0 Å². The van der Waals surface area contributed by atoms with Crippen LogP contribution in [0.2, 0.25) is 0 Å².